The molecule has 12 heteroatoms. The van der Waals surface area contributed by atoms with E-state index in [4.69, 9.17) is 29.8 Å². The number of rotatable bonds is 6. The van der Waals surface area contributed by atoms with Gasteiger partial charge in [-0.2, -0.15) is 13.2 Å². The molecule has 0 radical (unpaired) electrons. The minimum absolute atomic E-state index is 0.155. The van der Waals surface area contributed by atoms with Crippen LogP contribution in [0.25, 0.3) is 0 Å². The number of halogens is 3. The van der Waals surface area contributed by atoms with E-state index in [-0.39, 0.29) is 5.96 Å². The lowest BCUT2D eigenvalue weighted by atomic mass is 10.1. The molecule has 0 aromatic heterocycles. The second kappa shape index (κ2) is 12.0. The molecular weight excluding hydrogens is 435 g/mol. The number of amides is 1. The minimum Gasteiger partial charge on any atom is -0.542 e. The number of carbonyl (C=O) groups is 2. The van der Waals surface area contributed by atoms with Crippen molar-refractivity contribution in [1.82, 2.24) is 5.32 Å². The Hall–Kier alpha value is -3.96. The van der Waals surface area contributed by atoms with Crippen LogP contribution in [0.15, 0.2) is 42.5 Å². The summed E-state index contributed by atoms with van der Waals surface area (Å²) in [5, 5.41) is 11.4. The van der Waals surface area contributed by atoms with Crippen molar-refractivity contribution in [3.05, 3.63) is 53.6 Å². The summed E-state index contributed by atoms with van der Waals surface area (Å²) < 4.78 is 47.3. The standard InChI is InChI=1S/C18H21N3O4.C2HF3O2/c1-23-14-9-13(10-15(24-2)16(14)25-3)17(22)21-18(19)20-11-12-7-5-4-6-8-12;3-2(4,5)1(6)7/h4-10H,11H2,1-3H3,(H3,19,20,21,22);(H,6,7). The fourth-order valence-corrected chi connectivity index (χ4v) is 2.24. The van der Waals surface area contributed by atoms with Gasteiger partial charge in [-0.15, -0.1) is 0 Å². The van der Waals surface area contributed by atoms with Crippen LogP contribution in [0.4, 0.5) is 13.2 Å². The average Bonchev–Trinajstić information content (AvgIpc) is 2.76. The monoisotopic (exact) mass is 457 g/mol. The van der Waals surface area contributed by atoms with Gasteiger partial charge in [0.05, 0.1) is 33.4 Å². The lowest BCUT2D eigenvalue weighted by Gasteiger charge is -2.13. The Bertz CT molecular complexity index is 924. The molecule has 174 valence electrons. The van der Waals surface area contributed by atoms with Crippen LogP contribution in [-0.4, -0.2) is 45.3 Å². The zero-order valence-corrected chi connectivity index (χ0v) is 17.4. The lowest BCUT2D eigenvalue weighted by molar-refractivity contribution is -0.478. The summed E-state index contributed by atoms with van der Waals surface area (Å²) in [7, 11) is 4.47. The summed E-state index contributed by atoms with van der Waals surface area (Å²) in [6.45, 7) is 0.502. The van der Waals surface area contributed by atoms with Crippen molar-refractivity contribution in [1.29, 1.82) is 0 Å². The molecule has 0 unspecified atom stereocenters. The van der Waals surface area contributed by atoms with E-state index < -0.39 is 18.1 Å². The SMILES string of the molecule is COc1cc(C(=O)NC(N)=[NH+]Cc2ccccc2)cc(OC)c1OC.O=C([O-])C(F)(F)F. The van der Waals surface area contributed by atoms with E-state index in [1.54, 1.807) is 12.1 Å². The molecule has 0 saturated carbocycles. The fourth-order valence-electron chi connectivity index (χ4n) is 2.24. The highest BCUT2D eigenvalue weighted by Gasteiger charge is 2.28. The third-order valence-corrected chi connectivity index (χ3v) is 3.73. The predicted molar refractivity (Wildman–Crippen MR) is 105 cm³/mol. The van der Waals surface area contributed by atoms with Gasteiger partial charge in [-0.1, -0.05) is 30.3 Å². The lowest BCUT2D eigenvalue weighted by Crippen LogP contribution is -2.77. The Balaban J connectivity index is 0.000000633. The Morgan fingerprint density at radius 2 is 1.53 bits per heavy atom. The molecule has 0 aliphatic heterocycles. The van der Waals surface area contributed by atoms with Crippen molar-refractivity contribution in [2.24, 2.45) is 5.73 Å². The zero-order chi connectivity index (χ0) is 24.3. The van der Waals surface area contributed by atoms with Gasteiger partial charge in [0.2, 0.25) is 5.75 Å². The van der Waals surface area contributed by atoms with Gasteiger partial charge < -0.3 is 24.1 Å². The number of carbonyl (C=O) groups excluding carboxylic acids is 2. The number of hydrogen-bond acceptors (Lipinski definition) is 6. The summed E-state index contributed by atoms with van der Waals surface area (Å²) in [6.07, 6.45) is -5.19. The average molecular weight is 457 g/mol. The molecule has 0 spiro atoms. The number of nitrogens with one attached hydrogen (secondary N) is 2. The Morgan fingerprint density at radius 3 is 1.94 bits per heavy atom. The number of ether oxygens (including phenoxy) is 3. The molecule has 0 aliphatic carbocycles. The second-order valence-electron chi connectivity index (χ2n) is 5.91. The first-order chi connectivity index (χ1) is 15.0. The van der Waals surface area contributed by atoms with Crippen LogP contribution in [-0.2, 0) is 11.3 Å². The first-order valence-electron chi connectivity index (χ1n) is 8.83. The second-order valence-corrected chi connectivity index (χ2v) is 5.91. The van der Waals surface area contributed by atoms with E-state index in [1.165, 1.54) is 21.3 Å². The van der Waals surface area contributed by atoms with Gasteiger partial charge in [0.1, 0.15) is 5.97 Å². The molecule has 1 amide bonds. The number of benzene rings is 2. The van der Waals surface area contributed by atoms with Crippen LogP contribution in [0.1, 0.15) is 15.9 Å². The first kappa shape index (κ1) is 26.1. The van der Waals surface area contributed by atoms with Crippen molar-refractivity contribution in [3.63, 3.8) is 0 Å². The molecule has 2 rings (SSSR count). The van der Waals surface area contributed by atoms with Crippen molar-refractivity contribution in [2.45, 2.75) is 12.7 Å². The van der Waals surface area contributed by atoms with E-state index in [2.05, 4.69) is 10.3 Å². The van der Waals surface area contributed by atoms with Crippen LogP contribution < -0.4 is 35.4 Å². The van der Waals surface area contributed by atoms with Gasteiger partial charge in [-0.25, -0.2) is 5.32 Å². The summed E-state index contributed by atoms with van der Waals surface area (Å²) >= 11 is 0. The molecule has 2 aromatic rings. The molecule has 0 heterocycles. The Kier molecular flexibility index (Phi) is 9.80. The number of carboxylic acids is 1. The molecule has 0 saturated heterocycles. The maximum atomic E-state index is 12.4. The van der Waals surface area contributed by atoms with Crippen molar-refractivity contribution in [2.75, 3.05) is 21.3 Å². The highest BCUT2D eigenvalue weighted by atomic mass is 19.4. The maximum absolute atomic E-state index is 12.4. The van der Waals surface area contributed by atoms with Crippen LogP contribution in [0.2, 0.25) is 0 Å². The summed E-state index contributed by atoms with van der Waals surface area (Å²) in [5.74, 6) is -2.04. The maximum Gasteiger partial charge on any atom is 0.430 e. The molecule has 0 aliphatic rings. The fraction of sp³-hybridized carbons (Fsp3) is 0.250. The number of alkyl halides is 3. The van der Waals surface area contributed by atoms with Crippen LogP contribution >= 0.6 is 0 Å². The molecule has 0 atom stereocenters. The van der Waals surface area contributed by atoms with Gasteiger partial charge in [-0.05, 0) is 17.7 Å². The van der Waals surface area contributed by atoms with Gasteiger partial charge in [-0.3, -0.25) is 15.5 Å². The minimum atomic E-state index is -5.19. The van der Waals surface area contributed by atoms with Crippen LogP contribution in [0.3, 0.4) is 0 Å². The van der Waals surface area contributed by atoms with Gasteiger partial charge >= 0.3 is 18.0 Å². The van der Waals surface area contributed by atoms with Crippen molar-refractivity contribution >= 4 is 17.8 Å². The van der Waals surface area contributed by atoms with E-state index >= 15 is 0 Å². The van der Waals surface area contributed by atoms with Gasteiger partial charge in [0, 0.05) is 0 Å². The number of nitrogens with two attached hydrogens (primary N) is 1. The van der Waals surface area contributed by atoms with Crippen molar-refractivity contribution < 1.29 is 47.1 Å². The molecule has 0 fully saturated rings. The molecule has 2 aromatic carbocycles. The van der Waals surface area contributed by atoms with E-state index in [0.717, 1.165) is 5.56 Å². The number of hydrogen-bond donors (Lipinski definition) is 3. The quantitative estimate of drug-likeness (QED) is 0.387. The number of guanidine groups is 1. The van der Waals surface area contributed by atoms with Crippen LogP contribution in [0, 0.1) is 0 Å². The molecular formula is C20H22F3N3O6. The predicted octanol–water partition coefficient (Wildman–Crippen LogP) is -0.664. The zero-order valence-electron chi connectivity index (χ0n) is 17.4. The smallest absolute Gasteiger partial charge is 0.430 e. The third kappa shape index (κ3) is 8.05. The van der Waals surface area contributed by atoms with Crippen LogP contribution in [0.5, 0.6) is 17.2 Å². The highest BCUT2D eigenvalue weighted by molar-refractivity contribution is 6.04. The third-order valence-electron chi connectivity index (χ3n) is 3.73. The molecule has 0 bridgehead atoms. The number of methoxy groups -OCH3 is 3. The number of aliphatic carboxylic acids is 1. The Labute approximate surface area is 181 Å². The van der Waals surface area contributed by atoms with E-state index in [1.807, 2.05) is 30.3 Å². The summed E-state index contributed by atoms with van der Waals surface area (Å²) in [4.78, 5) is 24.1. The molecule has 9 nitrogen and oxygen atoms in total. The van der Waals surface area contributed by atoms with Crippen molar-refractivity contribution in [3.8, 4) is 17.2 Å². The molecule has 32 heavy (non-hydrogen) atoms. The highest BCUT2D eigenvalue weighted by Crippen LogP contribution is 2.38. The topological polar surface area (TPSA) is 137 Å². The van der Waals surface area contributed by atoms with Gasteiger partial charge in [0.15, 0.2) is 11.5 Å². The summed E-state index contributed by atoms with van der Waals surface area (Å²) in [6, 6.07) is 12.8. The number of carboxylic acid groups (broad SMARTS) is 1. The normalized spacial score (nSPS) is 11.0. The Morgan fingerprint density at radius 1 is 1.03 bits per heavy atom. The molecule has 4 N–H and O–H groups in total. The van der Waals surface area contributed by atoms with E-state index in [0.29, 0.717) is 29.4 Å². The largest absolute Gasteiger partial charge is 0.542 e. The van der Waals surface area contributed by atoms with E-state index in [9.17, 15) is 18.0 Å². The van der Waals surface area contributed by atoms with Gasteiger partial charge in [0.25, 0.3) is 0 Å². The summed E-state index contributed by atoms with van der Waals surface area (Å²) in [5.41, 5.74) is 7.22. The first-order valence-corrected chi connectivity index (χ1v) is 8.83.